The Morgan fingerprint density at radius 3 is 1.89 bits per heavy atom. The van der Waals surface area contributed by atoms with E-state index in [0.29, 0.717) is 5.92 Å². The maximum atomic E-state index is 7.38. The number of hydrogen-bond acceptors (Lipinski definition) is 0. The molecule has 0 aliphatic rings. The fourth-order valence-electron chi connectivity index (χ4n) is 2.43. The zero-order valence-corrected chi connectivity index (χ0v) is 12.8. The third-order valence-electron chi connectivity index (χ3n) is 3.73. The lowest BCUT2D eigenvalue weighted by molar-refractivity contribution is 0.478. The maximum Gasteiger partial charge on any atom is 0.0213 e. The Bertz CT molecular complexity index is 250. The van der Waals surface area contributed by atoms with E-state index in [1.165, 1.54) is 70.6 Å². The second-order valence-electron chi connectivity index (χ2n) is 5.55. The van der Waals surface area contributed by atoms with Gasteiger partial charge in [0.25, 0.3) is 0 Å². The molecule has 0 nitrogen and oxygen atoms in total. The summed E-state index contributed by atoms with van der Waals surface area (Å²) in [5.41, 5.74) is 0. The largest absolute Gasteiger partial charge is 0.120 e. The van der Waals surface area contributed by atoms with Crippen molar-refractivity contribution < 1.29 is 0 Å². The quantitative estimate of drug-likeness (QED) is 0.284. The molecule has 0 fully saturated rings. The van der Waals surface area contributed by atoms with Crippen LogP contribution in [-0.4, -0.2) is 0 Å². The molecule has 0 N–H and O–H groups in total. The van der Waals surface area contributed by atoms with Crippen LogP contribution in [0.4, 0.5) is 0 Å². The van der Waals surface area contributed by atoms with Gasteiger partial charge in [-0.2, -0.15) is 0 Å². The molecule has 0 aliphatic heterocycles. The van der Waals surface area contributed by atoms with Gasteiger partial charge >= 0.3 is 0 Å². The number of unbranched alkanes of at least 4 members (excludes halogenated alkanes) is 9. The highest BCUT2D eigenvalue weighted by Crippen LogP contribution is 2.18. The van der Waals surface area contributed by atoms with Crippen molar-refractivity contribution in [3.8, 4) is 18.3 Å². The fraction of sp³-hybridized carbons (Fsp3) is 0.789. The molecule has 0 aromatic heterocycles. The fourth-order valence-corrected chi connectivity index (χ4v) is 2.43. The van der Waals surface area contributed by atoms with Crippen LogP contribution in [0.1, 0.15) is 90.4 Å². The van der Waals surface area contributed by atoms with Crippen molar-refractivity contribution in [2.75, 3.05) is 0 Å². The van der Waals surface area contributed by atoms with Crippen molar-refractivity contribution >= 4 is 0 Å². The van der Waals surface area contributed by atoms with E-state index in [4.69, 9.17) is 12.8 Å². The molecule has 0 aromatic rings. The molecular weight excluding hydrogens is 228 g/mol. The first kappa shape index (κ1) is 18.1. The van der Waals surface area contributed by atoms with Crippen molar-refractivity contribution in [2.24, 2.45) is 5.92 Å². The number of hydrogen-bond donors (Lipinski definition) is 0. The maximum absolute atomic E-state index is 7.38. The summed E-state index contributed by atoms with van der Waals surface area (Å²) in [4.78, 5) is 0. The van der Waals surface area contributed by atoms with Crippen LogP contribution in [0.15, 0.2) is 0 Å². The van der Waals surface area contributed by atoms with E-state index in [9.17, 15) is 0 Å². The van der Waals surface area contributed by atoms with E-state index in [0.717, 1.165) is 12.8 Å². The summed E-state index contributed by atoms with van der Waals surface area (Å²) in [7, 11) is 0. The van der Waals surface area contributed by atoms with Crippen LogP contribution < -0.4 is 0 Å². The molecule has 0 bridgehead atoms. The lowest BCUT2D eigenvalue weighted by Crippen LogP contribution is -1.97. The topological polar surface area (TPSA) is 0 Å². The monoisotopic (exact) mass is 259 g/mol. The first-order chi connectivity index (χ1) is 9.35. The molecule has 0 saturated heterocycles. The first-order valence-corrected chi connectivity index (χ1v) is 8.20. The van der Waals surface area contributed by atoms with Crippen LogP contribution in [0, 0.1) is 30.6 Å². The van der Waals surface area contributed by atoms with Crippen molar-refractivity contribution in [1.29, 1.82) is 0 Å². The summed E-state index contributed by atoms with van der Waals surface area (Å²) in [6.07, 6.45) is 28.8. The first-order valence-electron chi connectivity index (χ1n) is 8.20. The van der Waals surface area contributed by atoms with E-state index < -0.39 is 0 Å². The van der Waals surface area contributed by atoms with Crippen LogP contribution in [0.3, 0.4) is 0 Å². The minimum Gasteiger partial charge on any atom is -0.120 e. The summed E-state index contributed by atoms with van der Waals surface area (Å²) < 4.78 is 0. The highest BCUT2D eigenvalue weighted by Gasteiger charge is 2.04. The normalized spacial score (nSPS) is 11.7. The Labute approximate surface area is 121 Å². The van der Waals surface area contributed by atoms with Crippen molar-refractivity contribution in [2.45, 2.75) is 90.4 Å². The summed E-state index contributed by atoms with van der Waals surface area (Å²) in [5.74, 6) is 5.83. The van der Waals surface area contributed by atoms with E-state index in [2.05, 4.69) is 18.8 Å². The van der Waals surface area contributed by atoms with Crippen LogP contribution >= 0.6 is 0 Å². The van der Waals surface area contributed by atoms with Gasteiger partial charge in [-0.1, -0.05) is 70.6 Å². The second-order valence-corrected chi connectivity index (χ2v) is 5.55. The Kier molecular flexibility index (Phi) is 14.5. The molecular formula is C19H31. The van der Waals surface area contributed by atoms with Crippen LogP contribution in [0.5, 0.6) is 0 Å². The van der Waals surface area contributed by atoms with E-state index in [1.54, 1.807) is 0 Å². The molecule has 1 unspecified atom stereocenters. The average Bonchev–Trinajstić information content (AvgIpc) is 2.44. The Morgan fingerprint density at radius 2 is 1.37 bits per heavy atom. The molecule has 0 heteroatoms. The van der Waals surface area contributed by atoms with Crippen molar-refractivity contribution in [1.82, 2.24) is 0 Å². The zero-order valence-electron chi connectivity index (χ0n) is 12.8. The van der Waals surface area contributed by atoms with E-state index in [1.807, 2.05) is 0 Å². The molecule has 0 spiro atoms. The van der Waals surface area contributed by atoms with Crippen LogP contribution in [0.25, 0.3) is 0 Å². The Hall–Kier alpha value is -0.880. The third-order valence-corrected chi connectivity index (χ3v) is 3.73. The molecule has 0 aliphatic carbocycles. The number of rotatable bonds is 13. The molecule has 1 radical (unpaired) electrons. The van der Waals surface area contributed by atoms with Gasteiger partial charge in [0.05, 0.1) is 0 Å². The van der Waals surface area contributed by atoms with Gasteiger partial charge in [-0.25, -0.2) is 0 Å². The van der Waals surface area contributed by atoms with Crippen molar-refractivity contribution in [3.63, 3.8) is 0 Å². The lowest BCUT2D eigenvalue weighted by Gasteiger charge is -2.10. The summed E-state index contributed by atoms with van der Waals surface area (Å²) >= 11 is 0. The number of terminal acetylenes is 1. The van der Waals surface area contributed by atoms with Crippen LogP contribution in [-0.2, 0) is 0 Å². The highest BCUT2D eigenvalue weighted by molar-refractivity contribution is 4.86. The van der Waals surface area contributed by atoms with E-state index in [-0.39, 0.29) is 0 Å². The highest BCUT2D eigenvalue weighted by atomic mass is 14.1. The molecule has 0 saturated carbocycles. The Balaban J connectivity index is 3.35. The summed E-state index contributed by atoms with van der Waals surface area (Å²) in [6.45, 7) is 2.25. The molecule has 0 aromatic carbocycles. The van der Waals surface area contributed by atoms with Gasteiger partial charge in [-0.15, -0.1) is 12.3 Å². The predicted molar refractivity (Wildman–Crippen MR) is 85.1 cm³/mol. The lowest BCUT2D eigenvalue weighted by atomic mass is 9.95. The minimum atomic E-state index is 0.410. The standard InChI is InChI=1S/C19H31/c1-4-7-9-11-12-14-16-18-19(6-3)17-15-13-10-8-5-2/h1,19H,5,7-18H2,2H3. The van der Waals surface area contributed by atoms with Crippen molar-refractivity contribution in [3.05, 3.63) is 6.42 Å². The van der Waals surface area contributed by atoms with Gasteiger partial charge in [-0.05, 0) is 25.7 Å². The summed E-state index contributed by atoms with van der Waals surface area (Å²) in [6, 6.07) is 0. The zero-order chi connectivity index (χ0) is 14.2. The molecule has 1 atom stereocenters. The Morgan fingerprint density at radius 1 is 0.842 bits per heavy atom. The van der Waals surface area contributed by atoms with Gasteiger partial charge in [0.1, 0.15) is 0 Å². The molecule has 0 rings (SSSR count). The molecule has 107 valence electrons. The summed E-state index contributed by atoms with van der Waals surface area (Å²) in [5, 5.41) is 0. The second kappa shape index (κ2) is 15.2. The van der Waals surface area contributed by atoms with Gasteiger partial charge < -0.3 is 0 Å². The molecule has 19 heavy (non-hydrogen) atoms. The minimum absolute atomic E-state index is 0.410. The van der Waals surface area contributed by atoms with Gasteiger partial charge in [-0.3, -0.25) is 0 Å². The van der Waals surface area contributed by atoms with Gasteiger partial charge in [0, 0.05) is 12.3 Å². The van der Waals surface area contributed by atoms with Gasteiger partial charge in [0.2, 0.25) is 0 Å². The van der Waals surface area contributed by atoms with E-state index >= 15 is 0 Å². The predicted octanol–water partition coefficient (Wildman–Crippen LogP) is 5.92. The SMILES string of the molecule is [C]#CC(CCCCCCC)CCCCCCCC#C. The van der Waals surface area contributed by atoms with Gasteiger partial charge in [0.15, 0.2) is 0 Å². The van der Waals surface area contributed by atoms with Crippen LogP contribution in [0.2, 0.25) is 0 Å². The molecule has 0 amide bonds. The molecule has 0 heterocycles. The smallest absolute Gasteiger partial charge is 0.0213 e. The average molecular weight is 259 g/mol. The third kappa shape index (κ3) is 13.4.